The van der Waals surface area contributed by atoms with Crippen molar-refractivity contribution < 1.29 is 4.74 Å². The van der Waals surface area contributed by atoms with Crippen LogP contribution < -0.4 is 10.1 Å². The normalized spacial score (nSPS) is 15.6. The molecule has 20 heavy (non-hydrogen) atoms. The van der Waals surface area contributed by atoms with Gasteiger partial charge in [-0.3, -0.25) is 0 Å². The van der Waals surface area contributed by atoms with E-state index >= 15 is 0 Å². The average molecular weight is 281 g/mol. The molecule has 3 heteroatoms. The summed E-state index contributed by atoms with van der Waals surface area (Å²) in [7, 11) is 1.67. The van der Waals surface area contributed by atoms with E-state index in [1.807, 2.05) is 24.3 Å². The number of nitrogens with one attached hydrogen (secondary N) is 1. The third-order valence-electron chi connectivity index (χ3n) is 3.57. The summed E-state index contributed by atoms with van der Waals surface area (Å²) >= 11 is 5.48. The highest BCUT2D eigenvalue weighted by molar-refractivity contribution is 7.81. The molecule has 1 N–H and O–H groups in total. The van der Waals surface area contributed by atoms with Gasteiger partial charge in [0.15, 0.2) is 0 Å². The summed E-state index contributed by atoms with van der Waals surface area (Å²) < 4.78 is 5.20. The number of hydrogen-bond donors (Lipinski definition) is 1. The maximum Gasteiger partial charge on any atom is 0.118 e. The highest BCUT2D eigenvalue weighted by atomic mass is 32.1. The van der Waals surface area contributed by atoms with Gasteiger partial charge < -0.3 is 10.1 Å². The predicted octanol–water partition coefficient (Wildman–Crippen LogP) is 4.38. The minimum atomic E-state index is 0.791. The van der Waals surface area contributed by atoms with Crippen LogP contribution >= 0.6 is 12.2 Å². The number of methoxy groups -OCH3 is 1. The summed E-state index contributed by atoms with van der Waals surface area (Å²) in [6, 6.07) is 16.3. The molecule has 0 radical (unpaired) electrons. The molecule has 0 unspecified atom stereocenters. The van der Waals surface area contributed by atoms with E-state index in [0.29, 0.717) is 0 Å². The van der Waals surface area contributed by atoms with E-state index in [2.05, 4.69) is 36.5 Å². The van der Waals surface area contributed by atoms with Crippen LogP contribution in [0.1, 0.15) is 18.1 Å². The molecule has 1 aliphatic rings. The largest absolute Gasteiger partial charge is 0.497 e. The van der Waals surface area contributed by atoms with Crippen molar-refractivity contribution in [1.29, 1.82) is 0 Å². The van der Waals surface area contributed by atoms with Crippen LogP contribution in [0.25, 0.3) is 11.1 Å². The van der Waals surface area contributed by atoms with E-state index in [4.69, 9.17) is 17.0 Å². The summed E-state index contributed by atoms with van der Waals surface area (Å²) in [5.74, 6) is 0.860. The second-order valence-corrected chi connectivity index (χ2v) is 5.14. The van der Waals surface area contributed by atoms with Crippen molar-refractivity contribution in [3.05, 3.63) is 59.7 Å². The summed E-state index contributed by atoms with van der Waals surface area (Å²) in [5, 5.41) is 3.27. The van der Waals surface area contributed by atoms with Gasteiger partial charge in [-0.05, 0) is 36.3 Å². The number of ether oxygens (including phenoxy) is 1. The molecular weight excluding hydrogens is 266 g/mol. The number of fused-ring (bicyclic) bond motifs is 1. The molecule has 0 bridgehead atoms. The average Bonchev–Trinajstić information content (AvgIpc) is 2.82. The lowest BCUT2D eigenvalue weighted by molar-refractivity contribution is 0.415. The van der Waals surface area contributed by atoms with Gasteiger partial charge in [0, 0.05) is 16.8 Å². The first-order chi connectivity index (χ1) is 9.70. The smallest absolute Gasteiger partial charge is 0.118 e. The van der Waals surface area contributed by atoms with Gasteiger partial charge in [-0.1, -0.05) is 42.5 Å². The van der Waals surface area contributed by atoms with Gasteiger partial charge in [-0.2, -0.15) is 0 Å². The molecular formula is C17H15NOS. The van der Waals surface area contributed by atoms with Gasteiger partial charge >= 0.3 is 0 Å². The van der Waals surface area contributed by atoms with E-state index in [-0.39, 0.29) is 0 Å². The molecule has 2 nitrogen and oxygen atoms in total. The Labute approximate surface area is 124 Å². The molecule has 0 aliphatic carbocycles. The second kappa shape index (κ2) is 5.10. The van der Waals surface area contributed by atoms with Gasteiger partial charge in [-0.25, -0.2) is 0 Å². The van der Waals surface area contributed by atoms with Crippen LogP contribution in [0, 0.1) is 0 Å². The van der Waals surface area contributed by atoms with Crippen molar-refractivity contribution in [2.45, 2.75) is 6.92 Å². The Balaban J connectivity index is 2.11. The Hall–Kier alpha value is -2.13. The van der Waals surface area contributed by atoms with Crippen molar-refractivity contribution in [1.82, 2.24) is 0 Å². The fraction of sp³-hybridized carbons (Fsp3) is 0.118. The van der Waals surface area contributed by atoms with E-state index in [0.717, 1.165) is 27.6 Å². The first kappa shape index (κ1) is 12.9. The Bertz CT molecular complexity index is 701. The van der Waals surface area contributed by atoms with Gasteiger partial charge in [0.2, 0.25) is 0 Å². The van der Waals surface area contributed by atoms with Crippen LogP contribution in [0.4, 0.5) is 5.69 Å². The number of rotatable bonds is 2. The highest BCUT2D eigenvalue weighted by Crippen LogP contribution is 2.37. The van der Waals surface area contributed by atoms with Crippen LogP contribution in [-0.2, 0) is 0 Å². The van der Waals surface area contributed by atoms with Gasteiger partial charge in [0.25, 0.3) is 0 Å². The van der Waals surface area contributed by atoms with Crippen LogP contribution in [0.2, 0.25) is 0 Å². The first-order valence-corrected chi connectivity index (χ1v) is 6.87. The Kier molecular flexibility index (Phi) is 3.28. The standard InChI is InChI=1S/C17H15NOS/c1-11(12-7-9-13(19-2)10-8-12)16-14-5-3-4-6-15(14)18-17(16)20/h3-10H,1-2H3,(H,18,20)/b16-11+. The molecule has 3 rings (SSSR count). The molecule has 0 atom stereocenters. The molecule has 0 saturated heterocycles. The SMILES string of the molecule is COc1ccc(/C(C)=C2/C(=S)Nc3ccccc32)cc1. The lowest BCUT2D eigenvalue weighted by Gasteiger charge is -2.08. The van der Waals surface area contributed by atoms with Crippen molar-refractivity contribution in [3.63, 3.8) is 0 Å². The monoisotopic (exact) mass is 281 g/mol. The van der Waals surface area contributed by atoms with Gasteiger partial charge in [-0.15, -0.1) is 0 Å². The molecule has 100 valence electrons. The molecule has 0 saturated carbocycles. The number of hydrogen-bond acceptors (Lipinski definition) is 2. The highest BCUT2D eigenvalue weighted by Gasteiger charge is 2.22. The lowest BCUT2D eigenvalue weighted by Crippen LogP contribution is -2.02. The number of anilines is 1. The van der Waals surface area contributed by atoms with Crippen molar-refractivity contribution in [3.8, 4) is 5.75 Å². The third kappa shape index (κ3) is 2.10. The van der Waals surface area contributed by atoms with Crippen LogP contribution in [0.5, 0.6) is 5.75 Å². The minimum absolute atomic E-state index is 0.791. The van der Waals surface area contributed by atoms with Crippen molar-refractivity contribution in [2.24, 2.45) is 0 Å². The lowest BCUT2D eigenvalue weighted by atomic mass is 9.97. The fourth-order valence-corrected chi connectivity index (χ4v) is 2.85. The molecule has 0 amide bonds. The second-order valence-electron chi connectivity index (χ2n) is 4.73. The number of para-hydroxylation sites is 1. The molecule has 1 aliphatic heterocycles. The summed E-state index contributed by atoms with van der Waals surface area (Å²) in [4.78, 5) is 0.791. The molecule has 0 spiro atoms. The van der Waals surface area contributed by atoms with Crippen molar-refractivity contribution in [2.75, 3.05) is 12.4 Å². The van der Waals surface area contributed by atoms with Crippen molar-refractivity contribution >= 4 is 34.0 Å². The molecule has 2 aromatic carbocycles. The van der Waals surface area contributed by atoms with E-state index in [1.165, 1.54) is 11.1 Å². The summed E-state index contributed by atoms with van der Waals surface area (Å²) in [5.41, 5.74) is 5.70. The zero-order valence-corrected chi connectivity index (χ0v) is 12.3. The first-order valence-electron chi connectivity index (χ1n) is 6.47. The van der Waals surface area contributed by atoms with Gasteiger partial charge in [0.05, 0.1) is 7.11 Å². The molecule has 1 heterocycles. The predicted molar refractivity (Wildman–Crippen MR) is 88.1 cm³/mol. The van der Waals surface area contributed by atoms with E-state index in [9.17, 15) is 0 Å². The third-order valence-corrected chi connectivity index (χ3v) is 3.88. The maximum atomic E-state index is 5.48. The Morgan fingerprint density at radius 1 is 1.05 bits per heavy atom. The molecule has 0 fully saturated rings. The maximum absolute atomic E-state index is 5.48. The van der Waals surface area contributed by atoms with Crippen LogP contribution in [0.15, 0.2) is 48.5 Å². The van der Waals surface area contributed by atoms with Crippen LogP contribution in [-0.4, -0.2) is 12.1 Å². The van der Waals surface area contributed by atoms with Gasteiger partial charge in [0.1, 0.15) is 10.7 Å². The zero-order valence-electron chi connectivity index (χ0n) is 11.4. The number of allylic oxidation sites excluding steroid dienone is 1. The quantitative estimate of drug-likeness (QED) is 0.652. The number of thiocarbonyl (C=S) groups is 1. The van der Waals surface area contributed by atoms with E-state index < -0.39 is 0 Å². The Morgan fingerprint density at radius 3 is 2.45 bits per heavy atom. The number of benzene rings is 2. The van der Waals surface area contributed by atoms with Crippen LogP contribution in [0.3, 0.4) is 0 Å². The zero-order chi connectivity index (χ0) is 14.1. The minimum Gasteiger partial charge on any atom is -0.497 e. The Morgan fingerprint density at radius 2 is 1.75 bits per heavy atom. The fourth-order valence-electron chi connectivity index (χ4n) is 2.47. The molecule has 2 aromatic rings. The topological polar surface area (TPSA) is 21.3 Å². The molecule has 0 aromatic heterocycles. The summed E-state index contributed by atoms with van der Waals surface area (Å²) in [6.45, 7) is 2.10. The summed E-state index contributed by atoms with van der Waals surface area (Å²) in [6.07, 6.45) is 0. The van der Waals surface area contributed by atoms with E-state index in [1.54, 1.807) is 7.11 Å².